The summed E-state index contributed by atoms with van der Waals surface area (Å²) < 4.78 is 3.99. The first-order chi connectivity index (χ1) is 7.16. The summed E-state index contributed by atoms with van der Waals surface area (Å²) in [6.07, 6.45) is 3.56. The highest BCUT2D eigenvalue weighted by Gasteiger charge is 2.01. The maximum absolute atomic E-state index is 5.69. The van der Waals surface area contributed by atoms with Crippen LogP contribution in [-0.4, -0.2) is 9.55 Å². The van der Waals surface area contributed by atoms with Crippen LogP contribution in [0.5, 0.6) is 0 Å². The van der Waals surface area contributed by atoms with Gasteiger partial charge in [0, 0.05) is 21.3 Å². The molecule has 0 aliphatic heterocycles. The van der Waals surface area contributed by atoms with E-state index < -0.39 is 0 Å². The van der Waals surface area contributed by atoms with E-state index in [1.54, 1.807) is 6.20 Å². The van der Waals surface area contributed by atoms with Gasteiger partial charge in [0.05, 0.1) is 6.54 Å². The molecule has 1 aromatic carbocycles. The van der Waals surface area contributed by atoms with Crippen LogP contribution in [0, 0.1) is 0 Å². The van der Waals surface area contributed by atoms with E-state index in [-0.39, 0.29) is 0 Å². The number of hydrogen-bond acceptors (Lipinski definition) is 2. The van der Waals surface area contributed by atoms with Gasteiger partial charge in [-0.15, -0.1) is 0 Å². The van der Waals surface area contributed by atoms with Gasteiger partial charge in [-0.25, -0.2) is 4.98 Å². The molecule has 0 atom stereocenters. The smallest absolute Gasteiger partial charge is 0.200 e. The van der Waals surface area contributed by atoms with E-state index in [0.717, 1.165) is 15.5 Å². The van der Waals surface area contributed by atoms with Crippen molar-refractivity contribution >= 4 is 37.8 Å². The lowest BCUT2D eigenvalue weighted by molar-refractivity contribution is 0.810. The number of nitrogens with zero attached hydrogens (tertiary/aromatic N) is 2. The van der Waals surface area contributed by atoms with E-state index in [9.17, 15) is 0 Å². The molecule has 78 valence electrons. The second kappa shape index (κ2) is 4.37. The number of hydrogen-bond donors (Lipinski definition) is 1. The Balaban J connectivity index is 2.25. The van der Waals surface area contributed by atoms with Crippen LogP contribution in [0.2, 0.25) is 0 Å². The van der Waals surface area contributed by atoms with Gasteiger partial charge in [-0.1, -0.05) is 6.07 Å². The zero-order chi connectivity index (χ0) is 10.8. The third-order valence-corrected chi connectivity index (χ3v) is 3.96. The van der Waals surface area contributed by atoms with Gasteiger partial charge >= 0.3 is 0 Å². The maximum Gasteiger partial charge on any atom is 0.200 e. The van der Waals surface area contributed by atoms with Gasteiger partial charge in [0.15, 0.2) is 5.95 Å². The third-order valence-electron chi connectivity index (χ3n) is 2.08. The predicted molar refractivity (Wildman–Crippen MR) is 67.6 cm³/mol. The normalized spacial score (nSPS) is 10.5. The van der Waals surface area contributed by atoms with Crippen molar-refractivity contribution in [2.45, 2.75) is 6.54 Å². The van der Waals surface area contributed by atoms with Crippen molar-refractivity contribution in [3.8, 4) is 0 Å². The predicted octanol–water partition coefficient (Wildman–Crippen LogP) is 3.04. The van der Waals surface area contributed by atoms with Crippen LogP contribution in [0.1, 0.15) is 5.56 Å². The summed E-state index contributed by atoms with van der Waals surface area (Å²) >= 11 is 6.90. The van der Waals surface area contributed by atoms with E-state index in [2.05, 4.69) is 42.9 Å². The molecule has 1 aromatic heterocycles. The van der Waals surface area contributed by atoms with E-state index in [0.29, 0.717) is 5.95 Å². The number of nitrogen functional groups attached to an aromatic ring is 1. The molecule has 0 aliphatic carbocycles. The molecule has 2 N–H and O–H groups in total. The van der Waals surface area contributed by atoms with E-state index in [4.69, 9.17) is 5.73 Å². The molecule has 0 radical (unpaired) electrons. The summed E-state index contributed by atoms with van der Waals surface area (Å²) in [5.74, 6) is 0.536. The van der Waals surface area contributed by atoms with Gasteiger partial charge in [0.25, 0.3) is 0 Å². The molecule has 3 nitrogen and oxygen atoms in total. The van der Waals surface area contributed by atoms with Crippen molar-refractivity contribution in [1.82, 2.24) is 9.55 Å². The van der Waals surface area contributed by atoms with Crippen molar-refractivity contribution in [3.63, 3.8) is 0 Å². The summed E-state index contributed by atoms with van der Waals surface area (Å²) in [6, 6.07) is 6.12. The number of imidazole rings is 1. The second-order valence-electron chi connectivity index (χ2n) is 3.16. The van der Waals surface area contributed by atoms with Crippen LogP contribution in [0.3, 0.4) is 0 Å². The molecule has 0 fully saturated rings. The van der Waals surface area contributed by atoms with Crippen LogP contribution >= 0.6 is 31.9 Å². The zero-order valence-corrected chi connectivity index (χ0v) is 11.0. The first-order valence-corrected chi connectivity index (χ1v) is 5.96. The molecule has 0 aliphatic rings. The third kappa shape index (κ3) is 2.41. The SMILES string of the molecule is Nc1nccn1Cc1ccc(Br)c(Br)c1. The highest BCUT2D eigenvalue weighted by Crippen LogP contribution is 2.24. The Hall–Kier alpha value is -0.810. The fourth-order valence-electron chi connectivity index (χ4n) is 1.31. The van der Waals surface area contributed by atoms with Crippen molar-refractivity contribution in [2.24, 2.45) is 0 Å². The second-order valence-corrected chi connectivity index (χ2v) is 4.87. The first kappa shape index (κ1) is 10.7. The summed E-state index contributed by atoms with van der Waals surface area (Å²) in [5, 5.41) is 0. The fourth-order valence-corrected chi connectivity index (χ4v) is 1.98. The van der Waals surface area contributed by atoms with E-state index in [1.807, 2.05) is 22.9 Å². The first-order valence-electron chi connectivity index (χ1n) is 4.37. The summed E-state index contributed by atoms with van der Waals surface area (Å²) in [7, 11) is 0. The van der Waals surface area contributed by atoms with Crippen LogP contribution in [0.4, 0.5) is 5.95 Å². The van der Waals surface area contributed by atoms with E-state index in [1.165, 1.54) is 5.56 Å². The monoisotopic (exact) mass is 329 g/mol. The molecule has 2 aromatic rings. The maximum atomic E-state index is 5.69. The minimum atomic E-state index is 0.536. The average Bonchev–Trinajstić information content (AvgIpc) is 2.59. The Morgan fingerprint density at radius 1 is 1.27 bits per heavy atom. The standard InChI is InChI=1S/C10H9Br2N3/c11-8-2-1-7(5-9(8)12)6-15-4-3-14-10(15)13/h1-5H,6H2,(H2,13,14). The van der Waals surface area contributed by atoms with Crippen LogP contribution < -0.4 is 5.73 Å². The highest BCUT2D eigenvalue weighted by atomic mass is 79.9. The molecule has 0 spiro atoms. The van der Waals surface area contributed by atoms with Gasteiger partial charge < -0.3 is 10.3 Å². The number of rotatable bonds is 2. The Bertz CT molecular complexity index is 479. The summed E-state index contributed by atoms with van der Waals surface area (Å²) in [6.45, 7) is 0.734. The van der Waals surface area contributed by atoms with Gasteiger partial charge in [-0.2, -0.15) is 0 Å². The fraction of sp³-hybridized carbons (Fsp3) is 0.100. The van der Waals surface area contributed by atoms with Gasteiger partial charge in [-0.05, 0) is 49.6 Å². The van der Waals surface area contributed by atoms with Gasteiger partial charge in [0.1, 0.15) is 0 Å². The lowest BCUT2D eigenvalue weighted by atomic mass is 10.2. The largest absolute Gasteiger partial charge is 0.369 e. The van der Waals surface area contributed by atoms with Gasteiger partial charge in [-0.3, -0.25) is 0 Å². The zero-order valence-electron chi connectivity index (χ0n) is 7.82. The van der Waals surface area contributed by atoms with Crippen molar-refractivity contribution in [2.75, 3.05) is 5.73 Å². The summed E-state index contributed by atoms with van der Waals surface area (Å²) in [5.41, 5.74) is 6.86. The number of nitrogens with two attached hydrogens (primary N) is 1. The lowest BCUT2D eigenvalue weighted by Gasteiger charge is -2.06. The Labute approximate surface area is 105 Å². The number of halogens is 2. The molecule has 5 heteroatoms. The van der Waals surface area contributed by atoms with Gasteiger partial charge in [0.2, 0.25) is 0 Å². The Morgan fingerprint density at radius 2 is 2.07 bits per heavy atom. The van der Waals surface area contributed by atoms with Crippen molar-refractivity contribution < 1.29 is 0 Å². The minimum absolute atomic E-state index is 0.536. The molecule has 15 heavy (non-hydrogen) atoms. The molecular formula is C10H9Br2N3. The molecule has 0 amide bonds. The molecule has 0 saturated carbocycles. The number of anilines is 1. The molecule has 0 unspecified atom stereocenters. The van der Waals surface area contributed by atoms with Crippen LogP contribution in [0.15, 0.2) is 39.5 Å². The molecular weight excluding hydrogens is 322 g/mol. The quantitative estimate of drug-likeness (QED) is 0.919. The highest BCUT2D eigenvalue weighted by molar-refractivity contribution is 9.13. The average molecular weight is 331 g/mol. The van der Waals surface area contributed by atoms with Crippen LogP contribution in [-0.2, 0) is 6.54 Å². The summed E-state index contributed by atoms with van der Waals surface area (Å²) in [4.78, 5) is 3.97. The van der Waals surface area contributed by atoms with Crippen molar-refractivity contribution in [1.29, 1.82) is 0 Å². The molecule has 0 saturated heterocycles. The van der Waals surface area contributed by atoms with E-state index >= 15 is 0 Å². The lowest BCUT2D eigenvalue weighted by Crippen LogP contribution is -2.03. The number of benzene rings is 1. The molecule has 2 rings (SSSR count). The topological polar surface area (TPSA) is 43.8 Å². The Morgan fingerprint density at radius 3 is 2.67 bits per heavy atom. The van der Waals surface area contributed by atoms with Crippen molar-refractivity contribution in [3.05, 3.63) is 45.1 Å². The van der Waals surface area contributed by atoms with Crippen LogP contribution in [0.25, 0.3) is 0 Å². The number of aromatic nitrogens is 2. The molecule has 1 heterocycles. The molecule has 0 bridgehead atoms. The minimum Gasteiger partial charge on any atom is -0.369 e. The Kier molecular flexibility index (Phi) is 3.11.